The molecule has 0 spiro atoms. The molecule has 0 aliphatic carbocycles. The van der Waals surface area contributed by atoms with E-state index >= 15 is 0 Å². The van der Waals surface area contributed by atoms with Crippen LogP contribution >= 0.6 is 0 Å². The van der Waals surface area contributed by atoms with Gasteiger partial charge in [0, 0.05) is 0 Å². The molecule has 0 heterocycles. The van der Waals surface area contributed by atoms with Crippen molar-refractivity contribution in [3.8, 4) is 6.07 Å². The van der Waals surface area contributed by atoms with Gasteiger partial charge in [-0.1, -0.05) is 30.3 Å². The molecular weight excluding hydrogens is 180 g/mol. The fourth-order valence-electron chi connectivity index (χ4n) is 1.09. The van der Waals surface area contributed by atoms with Gasteiger partial charge < -0.3 is 0 Å². The Labute approximate surface area is 82.1 Å². The lowest BCUT2D eigenvalue weighted by Crippen LogP contribution is -2.27. The van der Waals surface area contributed by atoms with Crippen molar-refractivity contribution < 1.29 is 9.63 Å². The summed E-state index contributed by atoms with van der Waals surface area (Å²) < 4.78 is 0. The first-order valence-electron chi connectivity index (χ1n) is 4.07. The highest BCUT2D eigenvalue weighted by molar-refractivity contribution is 5.85. The maximum atomic E-state index is 11.3. The van der Waals surface area contributed by atoms with Crippen molar-refractivity contribution in [2.75, 3.05) is 7.11 Å². The van der Waals surface area contributed by atoms with E-state index in [1.807, 2.05) is 12.1 Å². The zero-order valence-corrected chi connectivity index (χ0v) is 7.73. The number of benzene rings is 1. The minimum absolute atomic E-state index is 0.457. The second kappa shape index (κ2) is 5.00. The van der Waals surface area contributed by atoms with E-state index < -0.39 is 11.8 Å². The van der Waals surface area contributed by atoms with Gasteiger partial charge in [-0.3, -0.25) is 9.63 Å². The lowest BCUT2D eigenvalue weighted by Gasteiger charge is -2.07. The topological polar surface area (TPSA) is 62.1 Å². The molecule has 1 aromatic carbocycles. The zero-order chi connectivity index (χ0) is 10.4. The second-order valence-electron chi connectivity index (χ2n) is 2.64. The van der Waals surface area contributed by atoms with E-state index in [1.165, 1.54) is 7.11 Å². The molecule has 1 rings (SSSR count). The summed E-state index contributed by atoms with van der Waals surface area (Å²) in [5.74, 6) is -1.28. The molecule has 1 atom stereocenters. The predicted octanol–water partition coefficient (Wildman–Crippen LogP) is 0.971. The Balaban J connectivity index is 2.84. The highest BCUT2D eigenvalue weighted by Crippen LogP contribution is 2.13. The Morgan fingerprint density at radius 3 is 2.64 bits per heavy atom. The second-order valence-corrected chi connectivity index (χ2v) is 2.64. The molecule has 0 radical (unpaired) electrons. The number of nitrogens with one attached hydrogen (secondary N) is 1. The Bertz CT molecular complexity index is 343. The molecule has 1 aromatic rings. The zero-order valence-electron chi connectivity index (χ0n) is 7.73. The number of hydrogen-bond acceptors (Lipinski definition) is 3. The normalized spacial score (nSPS) is 11.4. The summed E-state index contributed by atoms with van der Waals surface area (Å²) in [6.07, 6.45) is 0. The number of carbonyl (C=O) groups is 1. The van der Waals surface area contributed by atoms with Crippen molar-refractivity contribution in [3.05, 3.63) is 35.9 Å². The molecule has 1 unspecified atom stereocenters. The molecule has 0 fully saturated rings. The first kappa shape index (κ1) is 10.2. The molecule has 0 saturated carbocycles. The van der Waals surface area contributed by atoms with Gasteiger partial charge in [-0.15, -0.1) is 0 Å². The Morgan fingerprint density at radius 1 is 1.50 bits per heavy atom. The smallest absolute Gasteiger partial charge is 0.265 e. The van der Waals surface area contributed by atoms with Crippen molar-refractivity contribution in [1.29, 1.82) is 5.26 Å². The van der Waals surface area contributed by atoms with Gasteiger partial charge >= 0.3 is 0 Å². The van der Waals surface area contributed by atoms with Crippen LogP contribution in [-0.4, -0.2) is 13.0 Å². The molecule has 0 aliphatic rings. The van der Waals surface area contributed by atoms with Crippen LogP contribution in [0.5, 0.6) is 0 Å². The van der Waals surface area contributed by atoms with Crippen molar-refractivity contribution >= 4 is 5.91 Å². The maximum Gasteiger partial charge on any atom is 0.265 e. The van der Waals surface area contributed by atoms with Crippen LogP contribution in [0.15, 0.2) is 30.3 Å². The van der Waals surface area contributed by atoms with E-state index in [0.29, 0.717) is 5.56 Å². The Kier molecular flexibility index (Phi) is 3.65. The summed E-state index contributed by atoms with van der Waals surface area (Å²) in [6.45, 7) is 0. The van der Waals surface area contributed by atoms with E-state index in [2.05, 4.69) is 10.3 Å². The molecular formula is C10H10N2O2. The fraction of sp³-hybridized carbons (Fsp3) is 0.200. The molecule has 4 nitrogen and oxygen atoms in total. The molecule has 0 saturated heterocycles. The first-order valence-corrected chi connectivity index (χ1v) is 4.07. The Morgan fingerprint density at radius 2 is 2.14 bits per heavy atom. The number of nitrogens with zero attached hydrogens (tertiary/aromatic N) is 1. The van der Waals surface area contributed by atoms with E-state index in [-0.39, 0.29) is 0 Å². The van der Waals surface area contributed by atoms with Gasteiger partial charge in [0.1, 0.15) is 0 Å². The Hall–Kier alpha value is -1.86. The summed E-state index contributed by atoms with van der Waals surface area (Å²) in [7, 11) is 1.33. The number of hydrogen-bond donors (Lipinski definition) is 1. The lowest BCUT2D eigenvalue weighted by atomic mass is 10.0. The number of rotatable bonds is 3. The van der Waals surface area contributed by atoms with Gasteiger partial charge in [-0.05, 0) is 5.56 Å². The summed E-state index contributed by atoms with van der Waals surface area (Å²) in [5.41, 5.74) is 2.79. The summed E-state index contributed by atoms with van der Waals surface area (Å²) in [6, 6.07) is 10.7. The van der Waals surface area contributed by atoms with E-state index in [0.717, 1.165) is 0 Å². The molecule has 0 aliphatic heterocycles. The fourth-order valence-corrected chi connectivity index (χ4v) is 1.09. The van der Waals surface area contributed by atoms with E-state index in [1.54, 1.807) is 24.3 Å². The summed E-state index contributed by atoms with van der Waals surface area (Å²) in [4.78, 5) is 15.8. The molecule has 14 heavy (non-hydrogen) atoms. The average Bonchev–Trinajstić information content (AvgIpc) is 2.21. The van der Waals surface area contributed by atoms with Crippen molar-refractivity contribution in [2.24, 2.45) is 0 Å². The van der Waals surface area contributed by atoms with Crippen molar-refractivity contribution in [1.82, 2.24) is 5.48 Å². The summed E-state index contributed by atoms with van der Waals surface area (Å²) in [5, 5.41) is 8.81. The van der Waals surface area contributed by atoms with Gasteiger partial charge in [0.15, 0.2) is 5.92 Å². The molecule has 1 amide bonds. The number of nitriles is 1. The van der Waals surface area contributed by atoms with Crippen LogP contribution in [0.25, 0.3) is 0 Å². The molecule has 1 N–H and O–H groups in total. The molecule has 0 aromatic heterocycles. The highest BCUT2D eigenvalue weighted by Gasteiger charge is 2.19. The van der Waals surface area contributed by atoms with E-state index in [9.17, 15) is 4.79 Å². The molecule has 4 heteroatoms. The number of amides is 1. The quantitative estimate of drug-likeness (QED) is 0.722. The predicted molar refractivity (Wildman–Crippen MR) is 49.9 cm³/mol. The number of carbonyl (C=O) groups excluding carboxylic acids is 1. The minimum Gasteiger partial charge on any atom is -0.277 e. The number of hydroxylamine groups is 1. The van der Waals surface area contributed by atoms with Crippen LogP contribution in [0.3, 0.4) is 0 Å². The third-order valence-corrected chi connectivity index (χ3v) is 1.73. The van der Waals surface area contributed by atoms with Gasteiger partial charge in [0.2, 0.25) is 0 Å². The van der Waals surface area contributed by atoms with Crippen LogP contribution < -0.4 is 5.48 Å². The van der Waals surface area contributed by atoms with Crippen molar-refractivity contribution in [2.45, 2.75) is 5.92 Å². The monoisotopic (exact) mass is 190 g/mol. The van der Waals surface area contributed by atoms with Crippen LogP contribution in [0, 0.1) is 11.3 Å². The van der Waals surface area contributed by atoms with Crippen LogP contribution in [0.1, 0.15) is 11.5 Å². The highest BCUT2D eigenvalue weighted by atomic mass is 16.6. The minimum atomic E-state index is -0.823. The standard InChI is InChI=1S/C10H10N2O2/c1-14-12-10(13)9(7-11)8-5-3-2-4-6-8/h2-6,9H,1H3,(H,12,13). The van der Waals surface area contributed by atoms with Gasteiger partial charge in [0.25, 0.3) is 5.91 Å². The van der Waals surface area contributed by atoms with Crippen LogP contribution in [0.4, 0.5) is 0 Å². The summed E-state index contributed by atoms with van der Waals surface area (Å²) >= 11 is 0. The van der Waals surface area contributed by atoms with Crippen LogP contribution in [0.2, 0.25) is 0 Å². The van der Waals surface area contributed by atoms with E-state index in [4.69, 9.17) is 5.26 Å². The third-order valence-electron chi connectivity index (χ3n) is 1.73. The first-order chi connectivity index (χ1) is 6.79. The molecule has 72 valence electrons. The molecule has 0 bridgehead atoms. The largest absolute Gasteiger partial charge is 0.277 e. The average molecular weight is 190 g/mol. The van der Waals surface area contributed by atoms with Crippen LogP contribution in [-0.2, 0) is 9.63 Å². The van der Waals surface area contributed by atoms with Gasteiger partial charge in [0.05, 0.1) is 13.2 Å². The SMILES string of the molecule is CONC(=O)C(C#N)c1ccccc1. The maximum absolute atomic E-state index is 11.3. The third kappa shape index (κ3) is 2.31. The van der Waals surface area contributed by atoms with Gasteiger partial charge in [-0.25, -0.2) is 5.48 Å². The van der Waals surface area contributed by atoms with Gasteiger partial charge in [-0.2, -0.15) is 5.26 Å². The van der Waals surface area contributed by atoms with Crippen molar-refractivity contribution in [3.63, 3.8) is 0 Å². The lowest BCUT2D eigenvalue weighted by molar-refractivity contribution is -0.131.